The first-order chi connectivity index (χ1) is 7.09. The quantitative estimate of drug-likeness (QED) is 0.666. The maximum atomic E-state index is 11.4. The highest BCUT2D eigenvalue weighted by molar-refractivity contribution is 5.95. The van der Waals surface area contributed by atoms with Gasteiger partial charge in [0, 0.05) is 14.0 Å². The molecule has 7 nitrogen and oxygen atoms in total. The Morgan fingerprint density at radius 1 is 1.60 bits per heavy atom. The van der Waals surface area contributed by atoms with Gasteiger partial charge in [0.1, 0.15) is 11.3 Å². The largest absolute Gasteiger partial charge is 0.351 e. The molecular weight excluding hydrogens is 198 g/mol. The molecule has 0 aliphatic carbocycles. The number of carbonyl (C=O) groups is 1. The summed E-state index contributed by atoms with van der Waals surface area (Å²) < 4.78 is 1.25. The molecule has 2 heterocycles. The molecule has 0 fully saturated rings. The van der Waals surface area contributed by atoms with Gasteiger partial charge in [0.2, 0.25) is 5.91 Å². The molecular formula is C8H9N5O2. The van der Waals surface area contributed by atoms with Crippen molar-refractivity contribution < 1.29 is 4.79 Å². The zero-order chi connectivity index (χ0) is 11.0. The molecule has 0 saturated carbocycles. The lowest BCUT2D eigenvalue weighted by Gasteiger charge is -2.07. The van der Waals surface area contributed by atoms with Crippen LogP contribution in [0.3, 0.4) is 0 Å². The maximum Gasteiger partial charge on any atom is 0.351 e. The summed E-state index contributed by atoms with van der Waals surface area (Å²) in [6.07, 6.45) is 1.42. The van der Waals surface area contributed by atoms with Crippen molar-refractivity contribution in [3.63, 3.8) is 0 Å². The lowest BCUT2D eigenvalue weighted by molar-refractivity contribution is -0.114. The monoisotopic (exact) mass is 207 g/mol. The van der Waals surface area contributed by atoms with Crippen LogP contribution >= 0.6 is 0 Å². The Morgan fingerprint density at radius 3 is 3.00 bits per heavy atom. The van der Waals surface area contributed by atoms with E-state index in [0.29, 0.717) is 17.0 Å². The van der Waals surface area contributed by atoms with E-state index >= 15 is 0 Å². The van der Waals surface area contributed by atoms with Gasteiger partial charge in [-0.05, 0) is 0 Å². The zero-order valence-corrected chi connectivity index (χ0v) is 8.24. The number of aromatic nitrogens is 4. The third kappa shape index (κ3) is 1.47. The number of anilines is 1. The van der Waals surface area contributed by atoms with Crippen LogP contribution in [-0.2, 0) is 11.8 Å². The summed E-state index contributed by atoms with van der Waals surface area (Å²) in [6.45, 7) is 1.37. The third-order valence-corrected chi connectivity index (χ3v) is 1.97. The van der Waals surface area contributed by atoms with Gasteiger partial charge in [0.15, 0.2) is 5.65 Å². The topological polar surface area (TPSA) is 92.7 Å². The fraction of sp³-hybridized carbons (Fsp3) is 0.250. The van der Waals surface area contributed by atoms with E-state index in [0.717, 1.165) is 0 Å². The Bertz CT molecular complexity index is 582. The highest BCUT2D eigenvalue weighted by Gasteiger charge is 2.11. The van der Waals surface area contributed by atoms with Gasteiger partial charge < -0.3 is 10.3 Å². The summed E-state index contributed by atoms with van der Waals surface area (Å²) in [7, 11) is 1.53. The van der Waals surface area contributed by atoms with E-state index in [1.165, 1.54) is 24.9 Å². The maximum absolute atomic E-state index is 11.4. The first-order valence-electron chi connectivity index (χ1n) is 4.27. The normalized spacial score (nSPS) is 10.5. The fourth-order valence-corrected chi connectivity index (χ4v) is 1.29. The second-order valence-corrected chi connectivity index (χ2v) is 3.08. The van der Waals surface area contributed by atoms with Gasteiger partial charge in [0.25, 0.3) is 0 Å². The number of H-pyrrole nitrogens is 1. The van der Waals surface area contributed by atoms with Crippen LogP contribution in [0.1, 0.15) is 6.92 Å². The molecule has 7 heteroatoms. The van der Waals surface area contributed by atoms with Crippen molar-refractivity contribution in [3.05, 3.63) is 16.8 Å². The molecule has 0 aliphatic rings. The number of fused-ring (bicyclic) bond motifs is 1. The molecule has 0 radical (unpaired) electrons. The Kier molecular flexibility index (Phi) is 2.00. The third-order valence-electron chi connectivity index (χ3n) is 1.97. The molecule has 0 atom stereocenters. The minimum atomic E-state index is -0.460. The number of carbonyl (C=O) groups excluding carboxylic acids is 1. The second kappa shape index (κ2) is 3.19. The fourth-order valence-electron chi connectivity index (χ4n) is 1.29. The van der Waals surface area contributed by atoms with Crippen molar-refractivity contribution in [2.75, 3.05) is 5.32 Å². The minimum absolute atomic E-state index is 0.257. The highest BCUT2D eigenvalue weighted by Crippen LogP contribution is 2.14. The average Bonchev–Trinajstić information content (AvgIpc) is 2.59. The Balaban J connectivity index is 2.77. The van der Waals surface area contributed by atoms with Crippen molar-refractivity contribution in [1.82, 2.24) is 19.5 Å². The van der Waals surface area contributed by atoms with Crippen LogP contribution in [0.15, 0.2) is 11.1 Å². The predicted octanol–water partition coefficient (Wildman–Crippen LogP) is -0.385. The van der Waals surface area contributed by atoms with E-state index in [2.05, 4.69) is 20.3 Å². The number of hydrogen-bond acceptors (Lipinski definition) is 4. The molecule has 0 unspecified atom stereocenters. The lowest BCUT2D eigenvalue weighted by Crippen LogP contribution is -2.24. The van der Waals surface area contributed by atoms with E-state index in [9.17, 15) is 9.59 Å². The molecule has 2 aromatic rings. The Morgan fingerprint density at radius 2 is 2.33 bits per heavy atom. The van der Waals surface area contributed by atoms with Crippen LogP contribution in [-0.4, -0.2) is 25.4 Å². The van der Waals surface area contributed by atoms with Gasteiger partial charge in [-0.15, -0.1) is 0 Å². The molecule has 2 rings (SSSR count). The van der Waals surface area contributed by atoms with Crippen LogP contribution in [0.25, 0.3) is 11.2 Å². The molecule has 0 spiro atoms. The summed E-state index contributed by atoms with van der Waals surface area (Å²) in [5.41, 5.74) is 0.368. The Hall–Kier alpha value is -2.18. The van der Waals surface area contributed by atoms with E-state index < -0.39 is 5.69 Å². The SMILES string of the molecule is CC(=O)Nc1c2[nH]cnc2nc(=O)n1C. The minimum Gasteiger partial charge on any atom is -0.340 e. The molecule has 2 aromatic heterocycles. The molecule has 0 saturated heterocycles. The van der Waals surface area contributed by atoms with Crippen molar-refractivity contribution in [1.29, 1.82) is 0 Å². The summed E-state index contributed by atoms with van der Waals surface area (Å²) in [5.74, 6) is 0.113. The highest BCUT2D eigenvalue weighted by atomic mass is 16.2. The zero-order valence-electron chi connectivity index (χ0n) is 8.24. The summed E-state index contributed by atoms with van der Waals surface area (Å²) in [5, 5.41) is 2.56. The number of aromatic amines is 1. The predicted molar refractivity (Wildman–Crippen MR) is 53.4 cm³/mol. The average molecular weight is 207 g/mol. The summed E-state index contributed by atoms with van der Waals surface area (Å²) in [6, 6.07) is 0. The van der Waals surface area contributed by atoms with Gasteiger partial charge in [-0.3, -0.25) is 9.36 Å². The number of hydrogen-bond donors (Lipinski definition) is 2. The van der Waals surface area contributed by atoms with Crippen molar-refractivity contribution in [2.24, 2.45) is 7.05 Å². The molecule has 0 bridgehead atoms. The van der Waals surface area contributed by atoms with Crippen molar-refractivity contribution >= 4 is 22.9 Å². The van der Waals surface area contributed by atoms with Crippen molar-refractivity contribution in [2.45, 2.75) is 6.92 Å². The van der Waals surface area contributed by atoms with Crippen LogP contribution < -0.4 is 11.0 Å². The van der Waals surface area contributed by atoms with Gasteiger partial charge in [-0.1, -0.05) is 0 Å². The molecule has 0 aliphatic heterocycles. The smallest absolute Gasteiger partial charge is 0.340 e. The summed E-state index contributed by atoms with van der Waals surface area (Å²) in [4.78, 5) is 32.7. The van der Waals surface area contributed by atoms with E-state index in [4.69, 9.17) is 0 Å². The number of nitrogens with one attached hydrogen (secondary N) is 2. The van der Waals surface area contributed by atoms with E-state index in [1.54, 1.807) is 0 Å². The first kappa shape index (κ1) is 9.38. The van der Waals surface area contributed by atoms with Crippen LogP contribution in [0, 0.1) is 0 Å². The molecule has 0 aromatic carbocycles. The van der Waals surface area contributed by atoms with Gasteiger partial charge in [0.05, 0.1) is 6.33 Å². The van der Waals surface area contributed by atoms with E-state index in [1.807, 2.05) is 0 Å². The van der Waals surface area contributed by atoms with Crippen molar-refractivity contribution in [3.8, 4) is 0 Å². The number of imidazole rings is 1. The first-order valence-corrected chi connectivity index (χ1v) is 4.27. The lowest BCUT2D eigenvalue weighted by atomic mass is 10.4. The molecule has 78 valence electrons. The molecule has 2 N–H and O–H groups in total. The van der Waals surface area contributed by atoms with Gasteiger partial charge in [-0.2, -0.15) is 4.98 Å². The molecule has 1 amide bonds. The summed E-state index contributed by atoms with van der Waals surface area (Å²) >= 11 is 0. The van der Waals surface area contributed by atoms with Crippen LogP contribution in [0.2, 0.25) is 0 Å². The Labute approximate surface area is 84.2 Å². The number of nitrogens with zero attached hydrogens (tertiary/aromatic N) is 3. The molecule has 15 heavy (non-hydrogen) atoms. The second-order valence-electron chi connectivity index (χ2n) is 3.08. The van der Waals surface area contributed by atoms with E-state index in [-0.39, 0.29) is 5.91 Å². The number of amides is 1. The van der Waals surface area contributed by atoms with Crippen LogP contribution in [0.4, 0.5) is 5.82 Å². The standard InChI is InChI=1S/C8H9N5O2/c1-4(14)11-7-5-6(10-3-9-5)12-8(15)13(7)2/h3H,1-2H3,(H,11,14)(H,9,10,12,15). The van der Waals surface area contributed by atoms with Gasteiger partial charge in [-0.25, -0.2) is 9.78 Å². The van der Waals surface area contributed by atoms with Crippen LogP contribution in [0.5, 0.6) is 0 Å². The van der Waals surface area contributed by atoms with Gasteiger partial charge >= 0.3 is 5.69 Å². The number of rotatable bonds is 1.